The molecule has 6 nitrogen and oxygen atoms in total. The van der Waals surface area contributed by atoms with Gasteiger partial charge in [0.1, 0.15) is 0 Å². The number of rotatable bonds is 5. The van der Waals surface area contributed by atoms with Gasteiger partial charge in [0.05, 0.1) is 34.3 Å². The van der Waals surface area contributed by atoms with Gasteiger partial charge < -0.3 is 0 Å². The number of thiophene rings is 1. The van der Waals surface area contributed by atoms with Gasteiger partial charge in [0.25, 0.3) is 5.91 Å². The standard InChI is InChI=1S/C15H16N4O2S/c1-3-19-14-11(9-16-19)10(15(20)18-21-4-2)8-12(17-14)13-6-5-7-22-13/h5-9H,3-4H2,1-2H3,(H,18,20). The topological polar surface area (TPSA) is 69.0 Å². The molecular weight excluding hydrogens is 300 g/mol. The maximum absolute atomic E-state index is 12.3. The predicted molar refractivity (Wildman–Crippen MR) is 85.6 cm³/mol. The Morgan fingerprint density at radius 2 is 2.32 bits per heavy atom. The van der Waals surface area contributed by atoms with Crippen molar-refractivity contribution in [3.8, 4) is 10.6 Å². The first-order valence-electron chi connectivity index (χ1n) is 7.07. The fraction of sp³-hybridized carbons (Fsp3) is 0.267. The largest absolute Gasteiger partial charge is 0.275 e. The number of aromatic nitrogens is 3. The summed E-state index contributed by atoms with van der Waals surface area (Å²) in [5.41, 5.74) is 4.42. The van der Waals surface area contributed by atoms with Crippen LogP contribution >= 0.6 is 11.3 Å². The fourth-order valence-corrected chi connectivity index (χ4v) is 2.90. The van der Waals surface area contributed by atoms with E-state index in [9.17, 15) is 4.79 Å². The van der Waals surface area contributed by atoms with Crippen molar-refractivity contribution in [1.82, 2.24) is 20.2 Å². The Morgan fingerprint density at radius 3 is 3.00 bits per heavy atom. The van der Waals surface area contributed by atoms with Crippen molar-refractivity contribution in [2.24, 2.45) is 0 Å². The van der Waals surface area contributed by atoms with Crippen molar-refractivity contribution >= 4 is 28.3 Å². The summed E-state index contributed by atoms with van der Waals surface area (Å²) in [4.78, 5) is 23.0. The lowest BCUT2D eigenvalue weighted by atomic mass is 10.1. The summed E-state index contributed by atoms with van der Waals surface area (Å²) in [5.74, 6) is -0.289. The van der Waals surface area contributed by atoms with Crippen molar-refractivity contribution in [2.45, 2.75) is 20.4 Å². The summed E-state index contributed by atoms with van der Waals surface area (Å²) in [6.07, 6.45) is 1.67. The second-order valence-electron chi connectivity index (χ2n) is 4.59. The molecule has 0 aliphatic rings. The van der Waals surface area contributed by atoms with Crippen LogP contribution in [0.5, 0.6) is 0 Å². The van der Waals surface area contributed by atoms with E-state index in [4.69, 9.17) is 4.84 Å². The van der Waals surface area contributed by atoms with Gasteiger partial charge >= 0.3 is 0 Å². The number of fused-ring (bicyclic) bond motifs is 1. The molecule has 3 heterocycles. The van der Waals surface area contributed by atoms with Crippen LogP contribution in [0, 0.1) is 0 Å². The van der Waals surface area contributed by atoms with Crippen molar-refractivity contribution < 1.29 is 9.63 Å². The molecule has 0 radical (unpaired) electrons. The highest BCUT2D eigenvalue weighted by Crippen LogP contribution is 2.27. The molecule has 0 aliphatic heterocycles. The van der Waals surface area contributed by atoms with Crippen molar-refractivity contribution in [1.29, 1.82) is 0 Å². The molecule has 1 amide bonds. The second kappa shape index (κ2) is 6.25. The van der Waals surface area contributed by atoms with Gasteiger partial charge in [-0.05, 0) is 31.4 Å². The van der Waals surface area contributed by atoms with E-state index in [1.54, 1.807) is 28.3 Å². The van der Waals surface area contributed by atoms with Crippen LogP contribution in [0.4, 0.5) is 0 Å². The Balaban J connectivity index is 2.16. The van der Waals surface area contributed by atoms with Gasteiger partial charge in [0, 0.05) is 6.54 Å². The number of nitrogens with one attached hydrogen (secondary N) is 1. The summed E-state index contributed by atoms with van der Waals surface area (Å²) in [6, 6.07) is 5.73. The molecule has 0 fully saturated rings. The number of pyridine rings is 1. The summed E-state index contributed by atoms with van der Waals surface area (Å²) < 4.78 is 1.78. The molecule has 3 aromatic heterocycles. The molecular formula is C15H16N4O2S. The summed E-state index contributed by atoms with van der Waals surface area (Å²) >= 11 is 1.58. The molecule has 114 valence electrons. The molecule has 0 bridgehead atoms. The summed E-state index contributed by atoms with van der Waals surface area (Å²) in [5, 5.41) is 7.00. The van der Waals surface area contributed by atoms with Gasteiger partial charge in [-0.2, -0.15) is 5.10 Å². The predicted octanol–water partition coefficient (Wildman–Crippen LogP) is 2.86. The molecule has 7 heteroatoms. The number of hydrogen-bond donors (Lipinski definition) is 1. The molecule has 0 atom stereocenters. The monoisotopic (exact) mass is 316 g/mol. The van der Waals surface area contributed by atoms with Crippen molar-refractivity contribution in [2.75, 3.05) is 6.61 Å². The normalized spacial score (nSPS) is 11.0. The van der Waals surface area contributed by atoms with Crippen molar-refractivity contribution in [3.05, 3.63) is 35.3 Å². The van der Waals surface area contributed by atoms with E-state index in [2.05, 4.69) is 15.6 Å². The van der Waals surface area contributed by atoms with Crippen LogP contribution in [-0.2, 0) is 11.4 Å². The van der Waals surface area contributed by atoms with Crippen LogP contribution in [0.25, 0.3) is 21.6 Å². The van der Waals surface area contributed by atoms with Crippen molar-refractivity contribution in [3.63, 3.8) is 0 Å². The molecule has 0 saturated carbocycles. The van der Waals surface area contributed by atoms with Gasteiger partial charge in [-0.3, -0.25) is 9.63 Å². The van der Waals surface area contributed by atoms with Gasteiger partial charge in [-0.15, -0.1) is 11.3 Å². The first-order valence-corrected chi connectivity index (χ1v) is 7.95. The van der Waals surface area contributed by atoms with E-state index in [1.165, 1.54) is 0 Å². The SMILES string of the molecule is CCONC(=O)c1cc(-c2cccs2)nc2c1cnn2CC. The number of carbonyl (C=O) groups is 1. The van der Waals surface area contributed by atoms with Gasteiger partial charge in [0.15, 0.2) is 5.65 Å². The Bertz CT molecular complexity index is 795. The molecule has 3 rings (SSSR count). The Hall–Kier alpha value is -2.25. The lowest BCUT2D eigenvalue weighted by Crippen LogP contribution is -2.24. The van der Waals surface area contributed by atoms with Crippen LogP contribution in [0.3, 0.4) is 0 Å². The molecule has 0 spiro atoms. The zero-order valence-electron chi connectivity index (χ0n) is 12.4. The number of aryl methyl sites for hydroxylation is 1. The molecule has 0 aromatic carbocycles. The molecule has 0 aliphatic carbocycles. The minimum absolute atomic E-state index is 0.289. The lowest BCUT2D eigenvalue weighted by Gasteiger charge is -2.07. The summed E-state index contributed by atoms with van der Waals surface area (Å²) in [7, 11) is 0. The third kappa shape index (κ3) is 2.60. The van der Waals surface area contributed by atoms with E-state index in [0.717, 1.165) is 16.0 Å². The highest BCUT2D eigenvalue weighted by molar-refractivity contribution is 7.13. The van der Waals surface area contributed by atoms with Crippen LogP contribution < -0.4 is 5.48 Å². The van der Waals surface area contributed by atoms with Gasteiger partial charge in [0.2, 0.25) is 0 Å². The first-order chi connectivity index (χ1) is 10.7. The van der Waals surface area contributed by atoms with Crippen LogP contribution in [0.2, 0.25) is 0 Å². The van der Waals surface area contributed by atoms with E-state index < -0.39 is 0 Å². The summed E-state index contributed by atoms with van der Waals surface area (Å²) in [6.45, 7) is 4.91. The number of hydrogen-bond acceptors (Lipinski definition) is 5. The Labute approximate surface area is 131 Å². The van der Waals surface area contributed by atoms with Crippen LogP contribution in [-0.4, -0.2) is 27.3 Å². The van der Waals surface area contributed by atoms with E-state index in [-0.39, 0.29) is 5.91 Å². The van der Waals surface area contributed by atoms with Crippen LogP contribution in [0.15, 0.2) is 29.8 Å². The highest BCUT2D eigenvalue weighted by Gasteiger charge is 2.17. The minimum Gasteiger partial charge on any atom is -0.274 e. The first kappa shape index (κ1) is 14.7. The lowest BCUT2D eigenvalue weighted by molar-refractivity contribution is 0.0366. The average Bonchev–Trinajstić information content (AvgIpc) is 3.20. The van der Waals surface area contributed by atoms with E-state index in [0.29, 0.717) is 24.4 Å². The minimum atomic E-state index is -0.289. The second-order valence-corrected chi connectivity index (χ2v) is 5.54. The van der Waals surface area contributed by atoms with Crippen LogP contribution in [0.1, 0.15) is 24.2 Å². The zero-order valence-corrected chi connectivity index (χ0v) is 13.2. The highest BCUT2D eigenvalue weighted by atomic mass is 32.1. The Kier molecular flexibility index (Phi) is 4.17. The maximum Gasteiger partial charge on any atom is 0.275 e. The molecule has 1 N–H and O–H groups in total. The molecule has 3 aromatic rings. The smallest absolute Gasteiger partial charge is 0.274 e. The van der Waals surface area contributed by atoms with E-state index in [1.807, 2.05) is 31.4 Å². The molecule has 0 unspecified atom stereocenters. The third-order valence-corrected chi connectivity index (χ3v) is 4.13. The number of hydroxylamine groups is 1. The zero-order chi connectivity index (χ0) is 15.5. The number of carbonyl (C=O) groups excluding carboxylic acids is 1. The number of nitrogens with zero attached hydrogens (tertiary/aromatic N) is 3. The van der Waals surface area contributed by atoms with Gasteiger partial charge in [-0.1, -0.05) is 6.07 Å². The molecule has 22 heavy (non-hydrogen) atoms. The fourth-order valence-electron chi connectivity index (χ4n) is 2.21. The quantitative estimate of drug-likeness (QED) is 0.735. The average molecular weight is 316 g/mol. The maximum atomic E-state index is 12.3. The van der Waals surface area contributed by atoms with E-state index >= 15 is 0 Å². The van der Waals surface area contributed by atoms with Gasteiger partial charge in [-0.25, -0.2) is 15.1 Å². The third-order valence-electron chi connectivity index (χ3n) is 3.24. The number of amides is 1. The molecule has 0 saturated heterocycles. The Morgan fingerprint density at radius 1 is 1.45 bits per heavy atom.